The molecule has 0 radical (unpaired) electrons. The Bertz CT molecular complexity index is 676. The standard InChI is InChI=1S/C21H33N3O4/c1-14(2)21(16-7-8-17-18(11-16)28-10-6-9-27-17)23-20(26)13-24(5)12-19(25)22-15(3)4/h7-8,11,14-15,21H,6,9-10,12-13H2,1-5H3,(H,22,25)(H,23,26)/t21-/m0/s1. The molecule has 2 N–H and O–H groups in total. The molecule has 0 saturated carbocycles. The molecule has 1 aliphatic rings. The fraction of sp³-hybridized carbons (Fsp3) is 0.619. The van der Waals surface area contributed by atoms with Gasteiger partial charge in [0.1, 0.15) is 0 Å². The summed E-state index contributed by atoms with van der Waals surface area (Å²) in [5.74, 6) is 1.45. The average molecular weight is 392 g/mol. The van der Waals surface area contributed by atoms with Gasteiger partial charge in [0.05, 0.1) is 32.3 Å². The zero-order valence-electron chi connectivity index (χ0n) is 17.6. The second-order valence-corrected chi connectivity index (χ2v) is 7.94. The molecule has 0 fully saturated rings. The molecule has 0 unspecified atom stereocenters. The molecule has 28 heavy (non-hydrogen) atoms. The maximum Gasteiger partial charge on any atom is 0.234 e. The first-order chi connectivity index (χ1) is 13.3. The highest BCUT2D eigenvalue weighted by Crippen LogP contribution is 2.34. The normalized spacial score (nSPS) is 14.7. The molecule has 2 amide bonds. The highest BCUT2D eigenvalue weighted by atomic mass is 16.5. The van der Waals surface area contributed by atoms with Gasteiger partial charge in [-0.05, 0) is 44.5 Å². The van der Waals surface area contributed by atoms with Crippen LogP contribution in [0.15, 0.2) is 18.2 Å². The summed E-state index contributed by atoms with van der Waals surface area (Å²) in [5, 5.41) is 5.92. The first kappa shape index (κ1) is 22.0. The van der Waals surface area contributed by atoms with Gasteiger partial charge in [0, 0.05) is 12.5 Å². The van der Waals surface area contributed by atoms with Crippen LogP contribution in [0, 0.1) is 5.92 Å². The van der Waals surface area contributed by atoms with E-state index in [0.29, 0.717) is 13.2 Å². The number of amides is 2. The summed E-state index contributed by atoms with van der Waals surface area (Å²) in [6.07, 6.45) is 0.852. The van der Waals surface area contributed by atoms with Crippen LogP contribution >= 0.6 is 0 Å². The number of nitrogens with zero attached hydrogens (tertiary/aromatic N) is 1. The monoisotopic (exact) mass is 391 g/mol. The van der Waals surface area contributed by atoms with Crippen molar-refractivity contribution in [2.45, 2.75) is 46.2 Å². The van der Waals surface area contributed by atoms with Crippen molar-refractivity contribution in [1.29, 1.82) is 0 Å². The molecule has 0 saturated heterocycles. The predicted molar refractivity (Wildman–Crippen MR) is 109 cm³/mol. The minimum absolute atomic E-state index is 0.0828. The molecule has 156 valence electrons. The van der Waals surface area contributed by atoms with Gasteiger partial charge in [0.25, 0.3) is 0 Å². The van der Waals surface area contributed by atoms with E-state index in [-0.39, 0.29) is 42.9 Å². The first-order valence-electron chi connectivity index (χ1n) is 9.93. The van der Waals surface area contributed by atoms with Gasteiger partial charge in [-0.1, -0.05) is 19.9 Å². The Hall–Kier alpha value is -2.28. The van der Waals surface area contributed by atoms with Crippen molar-refractivity contribution in [1.82, 2.24) is 15.5 Å². The van der Waals surface area contributed by atoms with Crippen molar-refractivity contribution in [3.63, 3.8) is 0 Å². The number of hydrogen-bond donors (Lipinski definition) is 2. The zero-order valence-corrected chi connectivity index (χ0v) is 17.6. The molecular weight excluding hydrogens is 358 g/mol. The molecule has 1 aromatic carbocycles. The first-order valence-corrected chi connectivity index (χ1v) is 9.93. The highest BCUT2D eigenvalue weighted by molar-refractivity contribution is 5.81. The van der Waals surface area contributed by atoms with E-state index >= 15 is 0 Å². The summed E-state index contributed by atoms with van der Waals surface area (Å²) in [4.78, 5) is 26.1. The Balaban J connectivity index is 1.99. The quantitative estimate of drug-likeness (QED) is 0.710. The fourth-order valence-electron chi connectivity index (χ4n) is 3.14. The SMILES string of the molecule is CC(C)NC(=O)CN(C)CC(=O)N[C@H](c1ccc2c(c1)OCCCO2)C(C)C. The highest BCUT2D eigenvalue weighted by Gasteiger charge is 2.22. The Morgan fingerprint density at radius 3 is 2.21 bits per heavy atom. The lowest BCUT2D eigenvalue weighted by Gasteiger charge is -2.25. The molecule has 7 nitrogen and oxygen atoms in total. The molecule has 7 heteroatoms. The van der Waals surface area contributed by atoms with Crippen molar-refractivity contribution in [3.05, 3.63) is 23.8 Å². The van der Waals surface area contributed by atoms with Crippen LogP contribution < -0.4 is 20.1 Å². The van der Waals surface area contributed by atoms with Crippen LogP contribution in [0.3, 0.4) is 0 Å². The Morgan fingerprint density at radius 1 is 1.00 bits per heavy atom. The largest absolute Gasteiger partial charge is 0.490 e. The number of rotatable bonds is 8. The second-order valence-electron chi connectivity index (χ2n) is 7.94. The summed E-state index contributed by atoms with van der Waals surface area (Å²) in [6, 6.07) is 5.76. The van der Waals surface area contributed by atoms with Crippen LogP contribution in [0.25, 0.3) is 0 Å². The van der Waals surface area contributed by atoms with Gasteiger partial charge >= 0.3 is 0 Å². The van der Waals surface area contributed by atoms with Gasteiger partial charge in [0.2, 0.25) is 11.8 Å². The Morgan fingerprint density at radius 2 is 1.61 bits per heavy atom. The third-order valence-corrected chi connectivity index (χ3v) is 4.39. The third-order valence-electron chi connectivity index (χ3n) is 4.39. The van der Waals surface area contributed by atoms with Gasteiger partial charge < -0.3 is 20.1 Å². The number of nitrogens with one attached hydrogen (secondary N) is 2. The lowest BCUT2D eigenvalue weighted by Crippen LogP contribution is -2.43. The summed E-state index contributed by atoms with van der Waals surface area (Å²) < 4.78 is 11.5. The van der Waals surface area contributed by atoms with Crippen LogP contribution in [0.4, 0.5) is 0 Å². The molecule has 1 aromatic rings. The van der Waals surface area contributed by atoms with Crippen molar-refractivity contribution < 1.29 is 19.1 Å². The minimum atomic E-state index is -0.150. The van der Waals surface area contributed by atoms with Crippen LogP contribution in [0.5, 0.6) is 11.5 Å². The Kier molecular flexibility index (Phi) is 8.11. The lowest BCUT2D eigenvalue weighted by molar-refractivity contribution is -0.125. The molecular formula is C21H33N3O4. The molecule has 0 bridgehead atoms. The summed E-state index contributed by atoms with van der Waals surface area (Å²) in [6.45, 7) is 9.55. The molecule has 1 heterocycles. The lowest BCUT2D eigenvalue weighted by atomic mass is 9.95. The summed E-state index contributed by atoms with van der Waals surface area (Å²) >= 11 is 0. The zero-order chi connectivity index (χ0) is 20.7. The number of fused-ring (bicyclic) bond motifs is 1. The van der Waals surface area contributed by atoms with Crippen molar-refractivity contribution in [2.24, 2.45) is 5.92 Å². The van der Waals surface area contributed by atoms with E-state index in [1.54, 1.807) is 11.9 Å². The van der Waals surface area contributed by atoms with E-state index in [0.717, 1.165) is 23.5 Å². The molecule has 1 atom stereocenters. The van der Waals surface area contributed by atoms with Crippen molar-refractivity contribution in [3.8, 4) is 11.5 Å². The van der Waals surface area contributed by atoms with Gasteiger partial charge in [-0.2, -0.15) is 0 Å². The summed E-state index contributed by atoms with van der Waals surface area (Å²) in [7, 11) is 1.76. The molecule has 0 aliphatic carbocycles. The minimum Gasteiger partial charge on any atom is -0.490 e. The van der Waals surface area contributed by atoms with Gasteiger partial charge in [-0.15, -0.1) is 0 Å². The van der Waals surface area contributed by atoms with E-state index in [1.807, 2.05) is 32.0 Å². The van der Waals surface area contributed by atoms with E-state index < -0.39 is 0 Å². The number of benzene rings is 1. The van der Waals surface area contributed by atoms with E-state index in [1.165, 1.54) is 0 Å². The molecule has 2 rings (SSSR count). The van der Waals surface area contributed by atoms with Crippen LogP contribution in [0.2, 0.25) is 0 Å². The van der Waals surface area contributed by atoms with E-state index in [2.05, 4.69) is 24.5 Å². The van der Waals surface area contributed by atoms with Crippen LogP contribution in [-0.4, -0.2) is 56.1 Å². The van der Waals surface area contributed by atoms with Gasteiger partial charge in [0.15, 0.2) is 11.5 Å². The van der Waals surface area contributed by atoms with Crippen molar-refractivity contribution in [2.75, 3.05) is 33.4 Å². The Labute approximate surface area is 167 Å². The molecule has 1 aliphatic heterocycles. The topological polar surface area (TPSA) is 79.9 Å². The van der Waals surface area contributed by atoms with Crippen LogP contribution in [-0.2, 0) is 9.59 Å². The van der Waals surface area contributed by atoms with Gasteiger partial charge in [-0.25, -0.2) is 0 Å². The van der Waals surface area contributed by atoms with Crippen molar-refractivity contribution >= 4 is 11.8 Å². The number of hydrogen-bond acceptors (Lipinski definition) is 5. The second kappa shape index (κ2) is 10.3. The molecule has 0 aromatic heterocycles. The number of carbonyl (C=O) groups is 2. The maximum absolute atomic E-state index is 12.5. The van der Waals surface area contributed by atoms with Gasteiger partial charge in [-0.3, -0.25) is 14.5 Å². The fourth-order valence-corrected chi connectivity index (χ4v) is 3.14. The number of carbonyl (C=O) groups excluding carboxylic acids is 2. The number of likely N-dealkylation sites (N-methyl/N-ethyl adjacent to an activating group) is 1. The van der Waals surface area contributed by atoms with E-state index in [9.17, 15) is 9.59 Å². The van der Waals surface area contributed by atoms with E-state index in [4.69, 9.17) is 9.47 Å². The predicted octanol–water partition coefficient (Wildman–Crippen LogP) is 2.12. The maximum atomic E-state index is 12.5. The smallest absolute Gasteiger partial charge is 0.234 e. The third kappa shape index (κ3) is 6.71. The molecule has 0 spiro atoms. The average Bonchev–Trinajstić information content (AvgIpc) is 2.83. The number of ether oxygens (including phenoxy) is 2. The van der Waals surface area contributed by atoms with Crippen LogP contribution in [0.1, 0.15) is 45.7 Å². The summed E-state index contributed by atoms with van der Waals surface area (Å²) in [5.41, 5.74) is 0.979.